The molecule has 1 fully saturated rings. The summed E-state index contributed by atoms with van der Waals surface area (Å²) in [5.41, 5.74) is 3.50. The third-order valence-electron chi connectivity index (χ3n) is 5.43. The van der Waals surface area contributed by atoms with E-state index in [-0.39, 0.29) is 11.0 Å². The van der Waals surface area contributed by atoms with Gasteiger partial charge in [-0.2, -0.15) is 0 Å². The van der Waals surface area contributed by atoms with Gasteiger partial charge in [-0.3, -0.25) is 0 Å². The lowest BCUT2D eigenvalue weighted by molar-refractivity contribution is 0.0163. The molecule has 25 heavy (non-hydrogen) atoms. The van der Waals surface area contributed by atoms with Gasteiger partial charge in [-0.15, -0.1) is 5.10 Å². The largest absolute Gasteiger partial charge is 0.270 e. The summed E-state index contributed by atoms with van der Waals surface area (Å²) >= 11 is 0. The van der Waals surface area contributed by atoms with Crippen LogP contribution in [0, 0.1) is 5.41 Å². The van der Waals surface area contributed by atoms with Gasteiger partial charge >= 0.3 is 0 Å². The molecular formula is C20H21F2N3. The summed E-state index contributed by atoms with van der Waals surface area (Å²) in [6, 6.07) is 12.8. The second-order valence-corrected chi connectivity index (χ2v) is 7.25. The summed E-state index contributed by atoms with van der Waals surface area (Å²) < 4.78 is 29.9. The molecule has 1 heterocycles. The SMILES string of the molecule is CCC1(Cc2cc(-n3nnc4ccccc43)ccc2C(C)(F)F)CC1. The fourth-order valence-electron chi connectivity index (χ4n) is 3.58. The van der Waals surface area contributed by atoms with Crippen LogP contribution in [0.1, 0.15) is 44.2 Å². The Morgan fingerprint density at radius 3 is 2.60 bits per heavy atom. The second-order valence-electron chi connectivity index (χ2n) is 7.25. The molecule has 1 aliphatic rings. The maximum Gasteiger partial charge on any atom is 0.270 e. The second kappa shape index (κ2) is 5.61. The first-order valence-electron chi connectivity index (χ1n) is 8.74. The molecule has 1 saturated carbocycles. The number of para-hydroxylation sites is 1. The molecule has 0 amide bonds. The fraction of sp³-hybridized carbons (Fsp3) is 0.400. The number of alkyl halides is 2. The number of benzene rings is 2. The average Bonchev–Trinajstić information content (AvgIpc) is 3.22. The number of hydrogen-bond donors (Lipinski definition) is 0. The van der Waals surface area contributed by atoms with Crippen LogP contribution in [-0.4, -0.2) is 15.0 Å². The van der Waals surface area contributed by atoms with Crippen LogP contribution in [0.2, 0.25) is 0 Å². The third-order valence-corrected chi connectivity index (χ3v) is 5.43. The highest BCUT2D eigenvalue weighted by atomic mass is 19.3. The van der Waals surface area contributed by atoms with Crippen molar-refractivity contribution in [1.29, 1.82) is 0 Å². The molecule has 0 unspecified atom stereocenters. The molecule has 4 rings (SSSR count). The van der Waals surface area contributed by atoms with E-state index in [0.717, 1.165) is 48.5 Å². The molecule has 1 aromatic heterocycles. The molecule has 3 nitrogen and oxygen atoms in total. The number of aromatic nitrogens is 3. The lowest BCUT2D eigenvalue weighted by atomic mass is 9.89. The number of rotatable bonds is 5. The maximum atomic E-state index is 14.1. The Morgan fingerprint density at radius 2 is 1.92 bits per heavy atom. The minimum atomic E-state index is -2.85. The first-order valence-corrected chi connectivity index (χ1v) is 8.74. The highest BCUT2D eigenvalue weighted by molar-refractivity contribution is 5.76. The molecule has 3 aromatic rings. The quantitative estimate of drug-likeness (QED) is 0.633. The van der Waals surface area contributed by atoms with Crippen molar-refractivity contribution >= 4 is 11.0 Å². The Kier molecular flexibility index (Phi) is 3.63. The Morgan fingerprint density at radius 1 is 1.16 bits per heavy atom. The first kappa shape index (κ1) is 16.2. The molecule has 1 aliphatic carbocycles. The monoisotopic (exact) mass is 341 g/mol. The number of nitrogens with zero attached hydrogens (tertiary/aromatic N) is 3. The van der Waals surface area contributed by atoms with Crippen molar-refractivity contribution in [2.24, 2.45) is 5.41 Å². The van der Waals surface area contributed by atoms with Gasteiger partial charge in [0.2, 0.25) is 0 Å². The van der Waals surface area contributed by atoms with Crippen LogP contribution in [0.15, 0.2) is 42.5 Å². The van der Waals surface area contributed by atoms with E-state index < -0.39 is 5.92 Å². The van der Waals surface area contributed by atoms with Crippen LogP contribution in [-0.2, 0) is 12.3 Å². The van der Waals surface area contributed by atoms with Crippen molar-refractivity contribution in [3.05, 3.63) is 53.6 Å². The van der Waals surface area contributed by atoms with E-state index in [2.05, 4.69) is 17.2 Å². The van der Waals surface area contributed by atoms with Gasteiger partial charge in [0.05, 0.1) is 11.2 Å². The van der Waals surface area contributed by atoms with Crippen LogP contribution in [0.5, 0.6) is 0 Å². The molecule has 0 radical (unpaired) electrons. The highest BCUT2D eigenvalue weighted by Crippen LogP contribution is 2.52. The van der Waals surface area contributed by atoms with E-state index in [9.17, 15) is 8.78 Å². The molecule has 0 spiro atoms. The van der Waals surface area contributed by atoms with Crippen molar-refractivity contribution in [2.45, 2.75) is 45.5 Å². The van der Waals surface area contributed by atoms with Gasteiger partial charge in [-0.25, -0.2) is 13.5 Å². The summed E-state index contributed by atoms with van der Waals surface area (Å²) in [5, 5.41) is 8.37. The van der Waals surface area contributed by atoms with Crippen molar-refractivity contribution in [1.82, 2.24) is 15.0 Å². The first-order chi connectivity index (χ1) is 11.9. The number of halogens is 2. The lowest BCUT2D eigenvalue weighted by Gasteiger charge is -2.20. The average molecular weight is 341 g/mol. The van der Waals surface area contributed by atoms with Crippen molar-refractivity contribution < 1.29 is 8.78 Å². The van der Waals surface area contributed by atoms with Crippen molar-refractivity contribution in [3.63, 3.8) is 0 Å². The predicted octanol–water partition coefficient (Wildman–Crippen LogP) is 5.26. The molecule has 2 aromatic carbocycles. The van der Waals surface area contributed by atoms with E-state index in [1.54, 1.807) is 16.8 Å². The normalized spacial score (nSPS) is 16.3. The Hall–Kier alpha value is -2.30. The van der Waals surface area contributed by atoms with E-state index in [0.29, 0.717) is 6.42 Å². The molecule has 0 bridgehead atoms. The van der Waals surface area contributed by atoms with Crippen LogP contribution >= 0.6 is 0 Å². The van der Waals surface area contributed by atoms with E-state index in [1.807, 2.05) is 30.3 Å². The molecular weight excluding hydrogens is 320 g/mol. The van der Waals surface area contributed by atoms with Crippen molar-refractivity contribution in [2.75, 3.05) is 0 Å². The highest BCUT2D eigenvalue weighted by Gasteiger charge is 2.42. The minimum absolute atomic E-state index is 0.125. The summed E-state index contributed by atoms with van der Waals surface area (Å²) in [6.07, 6.45) is 3.96. The molecule has 0 aliphatic heterocycles. The summed E-state index contributed by atoms with van der Waals surface area (Å²) in [5.74, 6) is -2.85. The zero-order chi connectivity index (χ0) is 17.7. The molecule has 0 saturated heterocycles. The molecule has 0 N–H and O–H groups in total. The minimum Gasteiger partial charge on any atom is -0.213 e. The van der Waals surface area contributed by atoms with E-state index in [4.69, 9.17) is 0 Å². The van der Waals surface area contributed by atoms with Crippen LogP contribution in [0.25, 0.3) is 16.7 Å². The summed E-state index contributed by atoms with van der Waals surface area (Å²) in [4.78, 5) is 0. The van der Waals surface area contributed by atoms with E-state index >= 15 is 0 Å². The lowest BCUT2D eigenvalue weighted by Crippen LogP contribution is -2.15. The maximum absolute atomic E-state index is 14.1. The molecule has 5 heteroatoms. The van der Waals surface area contributed by atoms with Crippen LogP contribution in [0.3, 0.4) is 0 Å². The van der Waals surface area contributed by atoms with Gasteiger partial charge in [0.1, 0.15) is 5.52 Å². The third kappa shape index (κ3) is 2.92. The number of fused-ring (bicyclic) bond motifs is 1. The molecule has 0 atom stereocenters. The van der Waals surface area contributed by atoms with Gasteiger partial charge in [0.25, 0.3) is 5.92 Å². The van der Waals surface area contributed by atoms with Crippen LogP contribution in [0.4, 0.5) is 8.78 Å². The Balaban J connectivity index is 1.82. The zero-order valence-electron chi connectivity index (χ0n) is 14.5. The van der Waals surface area contributed by atoms with Gasteiger partial charge in [-0.1, -0.05) is 36.8 Å². The van der Waals surface area contributed by atoms with E-state index in [1.165, 1.54) is 0 Å². The standard InChI is InChI=1S/C20H21F2N3/c1-3-20(10-11-20)13-14-12-15(8-9-16(14)19(2,21)22)25-18-7-5-4-6-17(18)23-24-25/h4-9,12H,3,10-11,13H2,1-2H3. The van der Waals surface area contributed by atoms with Gasteiger partial charge < -0.3 is 0 Å². The van der Waals surface area contributed by atoms with Crippen molar-refractivity contribution in [3.8, 4) is 5.69 Å². The topological polar surface area (TPSA) is 30.7 Å². The van der Waals surface area contributed by atoms with Gasteiger partial charge in [0.15, 0.2) is 0 Å². The smallest absolute Gasteiger partial charge is 0.213 e. The van der Waals surface area contributed by atoms with Gasteiger partial charge in [-0.05, 0) is 54.5 Å². The summed E-state index contributed by atoms with van der Waals surface area (Å²) in [6.45, 7) is 3.12. The molecule has 130 valence electrons. The zero-order valence-corrected chi connectivity index (χ0v) is 14.5. The summed E-state index contributed by atoms with van der Waals surface area (Å²) in [7, 11) is 0. The van der Waals surface area contributed by atoms with Crippen LogP contribution < -0.4 is 0 Å². The number of hydrogen-bond acceptors (Lipinski definition) is 2. The predicted molar refractivity (Wildman–Crippen MR) is 94.1 cm³/mol. The Bertz CT molecular complexity index is 920. The fourth-order valence-corrected chi connectivity index (χ4v) is 3.58. The van der Waals surface area contributed by atoms with Gasteiger partial charge in [0, 0.05) is 12.5 Å². The Labute approximate surface area is 145 Å².